The van der Waals surface area contributed by atoms with Crippen LogP contribution in [0.5, 0.6) is 0 Å². The summed E-state index contributed by atoms with van der Waals surface area (Å²) in [5.41, 5.74) is 1.92. The number of hydrogen-bond acceptors (Lipinski definition) is 11. The van der Waals surface area contributed by atoms with Crippen LogP contribution in [0.25, 0.3) is 0 Å². The number of aliphatic hydroxyl groups is 1. The molecule has 0 saturated heterocycles. The summed E-state index contributed by atoms with van der Waals surface area (Å²) in [6.45, 7) is 13.4. The summed E-state index contributed by atoms with van der Waals surface area (Å²) in [6.07, 6.45) is 0.938. The van der Waals surface area contributed by atoms with Crippen molar-refractivity contribution < 1.29 is 52.8 Å². The largest absolute Gasteiger partial charge is 0.466 e. The van der Waals surface area contributed by atoms with Crippen LogP contribution in [0.1, 0.15) is 75.2 Å². The van der Waals surface area contributed by atoms with Crippen LogP contribution in [0, 0.1) is 17.8 Å². The van der Waals surface area contributed by atoms with E-state index < -0.39 is 72.0 Å². The molecule has 0 radical (unpaired) electrons. The fraction of sp³-hybridized carbons (Fsp3) is 0.645. The molecule has 11 heteroatoms. The van der Waals surface area contributed by atoms with E-state index in [1.54, 1.807) is 33.8 Å². The van der Waals surface area contributed by atoms with Crippen LogP contribution < -0.4 is 0 Å². The number of carbonyl (C=O) groups is 5. The topological polar surface area (TPSA) is 152 Å². The molecule has 0 saturated carbocycles. The van der Waals surface area contributed by atoms with Crippen molar-refractivity contribution in [1.82, 2.24) is 0 Å². The summed E-state index contributed by atoms with van der Waals surface area (Å²) in [5.74, 6) is -5.63. The van der Waals surface area contributed by atoms with Gasteiger partial charge in [0, 0.05) is 38.3 Å². The van der Waals surface area contributed by atoms with Gasteiger partial charge in [-0.05, 0) is 53.4 Å². The zero-order chi connectivity index (χ0) is 32.1. The molecule has 0 amide bonds. The average molecular weight is 595 g/mol. The molecule has 0 heterocycles. The van der Waals surface area contributed by atoms with Crippen LogP contribution in [0.2, 0.25) is 0 Å². The molecule has 1 aliphatic carbocycles. The van der Waals surface area contributed by atoms with Crippen LogP contribution in [-0.2, 0) is 47.7 Å². The second-order valence-electron chi connectivity index (χ2n) is 11.1. The molecular weight excluding hydrogens is 548 g/mol. The lowest BCUT2D eigenvalue weighted by Crippen LogP contribution is -2.50. The van der Waals surface area contributed by atoms with E-state index in [4.69, 9.17) is 23.7 Å². The molecule has 11 nitrogen and oxygen atoms in total. The monoisotopic (exact) mass is 594 g/mol. The molecule has 0 bridgehead atoms. The zero-order valence-electron chi connectivity index (χ0n) is 26.1. The molecule has 1 aliphatic rings. The Balaban J connectivity index is 3.67. The van der Waals surface area contributed by atoms with Crippen LogP contribution in [0.4, 0.5) is 0 Å². The predicted molar refractivity (Wildman–Crippen MR) is 153 cm³/mol. The summed E-state index contributed by atoms with van der Waals surface area (Å²) in [4.78, 5) is 61.4. The van der Waals surface area contributed by atoms with Gasteiger partial charge < -0.3 is 28.8 Å². The van der Waals surface area contributed by atoms with Gasteiger partial charge in [-0.15, -0.1) is 0 Å². The van der Waals surface area contributed by atoms with Crippen molar-refractivity contribution in [2.75, 3.05) is 13.2 Å². The first kappa shape index (κ1) is 36.6. The summed E-state index contributed by atoms with van der Waals surface area (Å²) in [6, 6.07) is 0. The second-order valence-corrected chi connectivity index (χ2v) is 11.1. The van der Waals surface area contributed by atoms with Gasteiger partial charge in [0.05, 0.1) is 18.6 Å². The van der Waals surface area contributed by atoms with Gasteiger partial charge in [0.15, 0.2) is 6.10 Å². The molecule has 1 N–H and O–H groups in total. The minimum absolute atomic E-state index is 0.115. The van der Waals surface area contributed by atoms with E-state index in [1.807, 2.05) is 13.0 Å². The lowest BCUT2D eigenvalue weighted by Gasteiger charge is -2.40. The number of aliphatic hydroxyl groups excluding tert-OH is 1. The quantitative estimate of drug-likeness (QED) is 0.161. The maximum Gasteiger partial charge on any atom is 0.330 e. The molecular formula is C31H46O11. The molecule has 7 unspecified atom stereocenters. The van der Waals surface area contributed by atoms with Gasteiger partial charge in [0.1, 0.15) is 18.8 Å². The molecule has 0 aromatic heterocycles. The Morgan fingerprint density at radius 2 is 1.55 bits per heavy atom. The molecule has 236 valence electrons. The van der Waals surface area contributed by atoms with Crippen molar-refractivity contribution in [2.24, 2.45) is 17.8 Å². The van der Waals surface area contributed by atoms with Crippen LogP contribution >= 0.6 is 0 Å². The van der Waals surface area contributed by atoms with E-state index in [1.165, 1.54) is 33.8 Å². The van der Waals surface area contributed by atoms with Crippen LogP contribution in [-0.4, -0.2) is 72.6 Å². The summed E-state index contributed by atoms with van der Waals surface area (Å²) in [7, 11) is 0. The highest BCUT2D eigenvalue weighted by atomic mass is 16.6. The molecule has 1 rings (SSSR count). The standard InChI is InChI=1S/C31H46O11/c1-17(2)13-27(36)40-21(6)20(5)31(37)42-30-28(19(4)15-38-22(7)32)26(35)14-18(3)11-10-12-25(16-39-23(8)33)29(30)41-24(9)34/h11-13,19-21,26,28-30,35H,10,14-16H2,1-9H3. The van der Waals surface area contributed by atoms with E-state index in [2.05, 4.69) is 0 Å². The van der Waals surface area contributed by atoms with Gasteiger partial charge in [-0.1, -0.05) is 30.2 Å². The maximum absolute atomic E-state index is 13.6. The Labute approximate surface area is 248 Å². The highest BCUT2D eigenvalue weighted by Gasteiger charge is 2.45. The molecule has 7 atom stereocenters. The fourth-order valence-corrected chi connectivity index (χ4v) is 4.55. The number of carbonyl (C=O) groups excluding carboxylic acids is 5. The molecule has 42 heavy (non-hydrogen) atoms. The Hall–Kier alpha value is -3.47. The number of ether oxygens (including phenoxy) is 5. The first-order valence-electron chi connectivity index (χ1n) is 14.1. The Morgan fingerprint density at radius 3 is 2.10 bits per heavy atom. The smallest absolute Gasteiger partial charge is 0.330 e. The Bertz CT molecular complexity index is 1070. The van der Waals surface area contributed by atoms with Crippen molar-refractivity contribution in [3.05, 3.63) is 34.9 Å². The number of hydrogen-bond donors (Lipinski definition) is 1. The van der Waals surface area contributed by atoms with Crippen molar-refractivity contribution >= 4 is 29.8 Å². The third kappa shape index (κ3) is 12.6. The average Bonchev–Trinajstić information content (AvgIpc) is 2.85. The number of allylic oxidation sites excluding steroid dienone is 3. The number of rotatable bonds is 11. The predicted octanol–water partition coefficient (Wildman–Crippen LogP) is 3.77. The van der Waals surface area contributed by atoms with Gasteiger partial charge in [-0.25, -0.2) is 4.79 Å². The van der Waals surface area contributed by atoms with Gasteiger partial charge in [-0.3, -0.25) is 19.2 Å². The van der Waals surface area contributed by atoms with E-state index in [-0.39, 0.29) is 19.6 Å². The summed E-state index contributed by atoms with van der Waals surface area (Å²) in [5, 5.41) is 11.5. The van der Waals surface area contributed by atoms with Crippen molar-refractivity contribution in [1.29, 1.82) is 0 Å². The molecule has 0 spiro atoms. The van der Waals surface area contributed by atoms with E-state index in [9.17, 15) is 29.1 Å². The lowest BCUT2D eigenvalue weighted by molar-refractivity contribution is -0.183. The third-order valence-corrected chi connectivity index (χ3v) is 6.84. The summed E-state index contributed by atoms with van der Waals surface area (Å²) >= 11 is 0. The first-order chi connectivity index (χ1) is 19.5. The van der Waals surface area contributed by atoms with Crippen molar-refractivity contribution in [2.45, 2.75) is 99.6 Å². The van der Waals surface area contributed by atoms with Gasteiger partial charge in [0.2, 0.25) is 0 Å². The fourth-order valence-electron chi connectivity index (χ4n) is 4.55. The van der Waals surface area contributed by atoms with Gasteiger partial charge in [-0.2, -0.15) is 0 Å². The molecule has 0 aliphatic heterocycles. The first-order valence-corrected chi connectivity index (χ1v) is 14.1. The lowest BCUT2D eigenvalue weighted by atomic mass is 9.78. The number of esters is 5. The molecule has 0 fully saturated rings. The van der Waals surface area contributed by atoms with Gasteiger partial charge in [0.25, 0.3) is 0 Å². The molecule has 0 aromatic carbocycles. The van der Waals surface area contributed by atoms with Crippen LogP contribution in [0.15, 0.2) is 34.9 Å². The van der Waals surface area contributed by atoms with E-state index >= 15 is 0 Å². The highest BCUT2D eigenvalue weighted by Crippen LogP contribution is 2.34. The normalized spacial score (nSPS) is 23.0. The Morgan fingerprint density at radius 1 is 0.929 bits per heavy atom. The van der Waals surface area contributed by atoms with Gasteiger partial charge >= 0.3 is 29.8 Å². The van der Waals surface area contributed by atoms with E-state index in [0.717, 1.165) is 11.1 Å². The van der Waals surface area contributed by atoms with Crippen molar-refractivity contribution in [3.63, 3.8) is 0 Å². The zero-order valence-corrected chi connectivity index (χ0v) is 26.1. The Kier molecular flexibility index (Phi) is 15.2. The third-order valence-electron chi connectivity index (χ3n) is 6.84. The second kappa shape index (κ2) is 17.5. The summed E-state index contributed by atoms with van der Waals surface area (Å²) < 4.78 is 27.6. The SMILES string of the molecule is CC(=O)OCC1=CCC=C(C)CC(O)C(C(C)COC(C)=O)C(OC(=O)C(C)C(C)OC(=O)C=C(C)C)C1OC(C)=O. The maximum atomic E-state index is 13.6. The minimum atomic E-state index is -1.29. The van der Waals surface area contributed by atoms with Crippen molar-refractivity contribution in [3.8, 4) is 0 Å². The van der Waals surface area contributed by atoms with E-state index in [0.29, 0.717) is 12.0 Å². The molecule has 0 aromatic rings. The van der Waals surface area contributed by atoms with Crippen LogP contribution in [0.3, 0.4) is 0 Å². The minimum Gasteiger partial charge on any atom is -0.466 e. The highest BCUT2D eigenvalue weighted by molar-refractivity contribution is 5.83.